The Labute approximate surface area is 128 Å². The molecule has 0 aliphatic heterocycles. The Morgan fingerprint density at radius 1 is 1.00 bits per heavy atom. The molecule has 0 spiro atoms. The van der Waals surface area contributed by atoms with Gasteiger partial charge >= 0.3 is 11.9 Å². The van der Waals surface area contributed by atoms with Crippen LogP contribution < -0.4 is 0 Å². The van der Waals surface area contributed by atoms with E-state index in [1.165, 1.54) is 0 Å². The molecule has 0 aliphatic rings. The van der Waals surface area contributed by atoms with Gasteiger partial charge in [-0.3, -0.25) is 0 Å². The molecule has 1 N–H and O–H groups in total. The molecule has 0 radical (unpaired) electrons. The van der Waals surface area contributed by atoms with E-state index in [1.54, 1.807) is 6.92 Å². The van der Waals surface area contributed by atoms with Crippen molar-refractivity contribution in [3.05, 3.63) is 15.3 Å². The van der Waals surface area contributed by atoms with Crippen molar-refractivity contribution >= 4 is 23.3 Å². The normalized spacial score (nSPS) is 10.4. The minimum atomic E-state index is -0.596. The third kappa shape index (κ3) is 4.74. The molecule has 21 heavy (non-hydrogen) atoms. The molecule has 0 saturated carbocycles. The standard InChI is InChI=1S/C15H22O5S/c1-4-6-8-19-14(17)12-10(3)11(16)13(21-12)15(18)20-9-7-5-2/h16H,4-9H2,1-3H3. The van der Waals surface area contributed by atoms with E-state index in [0.717, 1.165) is 37.0 Å². The fourth-order valence-electron chi connectivity index (χ4n) is 1.59. The highest BCUT2D eigenvalue weighted by molar-refractivity contribution is 7.16. The van der Waals surface area contributed by atoms with Gasteiger partial charge in [-0.15, -0.1) is 11.3 Å². The molecule has 118 valence electrons. The Morgan fingerprint density at radius 2 is 1.48 bits per heavy atom. The van der Waals surface area contributed by atoms with Gasteiger partial charge < -0.3 is 14.6 Å². The lowest BCUT2D eigenvalue weighted by Crippen LogP contribution is -2.05. The molecule has 1 aromatic heterocycles. The minimum absolute atomic E-state index is 0.0612. The van der Waals surface area contributed by atoms with Crippen LogP contribution in [-0.4, -0.2) is 30.3 Å². The summed E-state index contributed by atoms with van der Waals surface area (Å²) >= 11 is 0.919. The predicted octanol–water partition coefficient (Wildman–Crippen LogP) is 3.68. The summed E-state index contributed by atoms with van der Waals surface area (Å²) in [7, 11) is 0. The van der Waals surface area contributed by atoms with E-state index in [4.69, 9.17) is 9.47 Å². The Balaban J connectivity index is 2.78. The number of carbonyl (C=O) groups is 2. The minimum Gasteiger partial charge on any atom is -0.506 e. The van der Waals surface area contributed by atoms with Crippen molar-refractivity contribution in [1.82, 2.24) is 0 Å². The number of unbranched alkanes of at least 4 members (excludes halogenated alkanes) is 2. The van der Waals surface area contributed by atoms with Crippen molar-refractivity contribution in [1.29, 1.82) is 0 Å². The van der Waals surface area contributed by atoms with Crippen LogP contribution in [0.3, 0.4) is 0 Å². The van der Waals surface area contributed by atoms with E-state index in [2.05, 4.69) is 0 Å². The summed E-state index contributed by atoms with van der Waals surface area (Å²) in [4.78, 5) is 24.1. The van der Waals surface area contributed by atoms with Crippen LogP contribution in [0.5, 0.6) is 5.75 Å². The zero-order valence-electron chi connectivity index (χ0n) is 12.7. The number of ether oxygens (including phenoxy) is 2. The monoisotopic (exact) mass is 314 g/mol. The van der Waals surface area contributed by atoms with Crippen LogP contribution in [0.15, 0.2) is 0 Å². The second kappa shape index (κ2) is 8.67. The average molecular weight is 314 g/mol. The Morgan fingerprint density at radius 3 is 1.95 bits per heavy atom. The number of thiophene rings is 1. The van der Waals surface area contributed by atoms with Gasteiger partial charge in [0.1, 0.15) is 10.6 Å². The van der Waals surface area contributed by atoms with Gasteiger partial charge in [-0.2, -0.15) is 0 Å². The zero-order valence-corrected chi connectivity index (χ0v) is 13.5. The van der Waals surface area contributed by atoms with E-state index >= 15 is 0 Å². The molecule has 1 aromatic rings. The maximum Gasteiger partial charge on any atom is 0.352 e. The van der Waals surface area contributed by atoms with Crippen LogP contribution in [0.1, 0.15) is 64.4 Å². The number of carbonyl (C=O) groups excluding carboxylic acids is 2. The lowest BCUT2D eigenvalue weighted by atomic mass is 10.2. The van der Waals surface area contributed by atoms with E-state index in [9.17, 15) is 14.7 Å². The summed E-state index contributed by atoms with van der Waals surface area (Å²) in [6, 6.07) is 0. The molecule has 0 atom stereocenters. The second-order valence-electron chi connectivity index (χ2n) is 4.71. The van der Waals surface area contributed by atoms with Crippen molar-refractivity contribution < 1.29 is 24.2 Å². The van der Waals surface area contributed by atoms with E-state index in [1.807, 2.05) is 13.8 Å². The van der Waals surface area contributed by atoms with Gasteiger partial charge in [0.05, 0.1) is 13.2 Å². The van der Waals surface area contributed by atoms with Gasteiger partial charge in [-0.25, -0.2) is 9.59 Å². The van der Waals surface area contributed by atoms with Crippen LogP contribution in [0, 0.1) is 6.92 Å². The van der Waals surface area contributed by atoms with Gasteiger partial charge in [-0.1, -0.05) is 26.7 Å². The van der Waals surface area contributed by atoms with E-state index < -0.39 is 11.9 Å². The first-order chi connectivity index (χ1) is 10.0. The molecule has 0 aliphatic carbocycles. The molecule has 6 heteroatoms. The fourth-order valence-corrected chi connectivity index (χ4v) is 2.58. The van der Waals surface area contributed by atoms with Gasteiger partial charge in [0, 0.05) is 5.56 Å². The number of hydrogen-bond acceptors (Lipinski definition) is 6. The van der Waals surface area contributed by atoms with Crippen LogP contribution in [-0.2, 0) is 9.47 Å². The highest BCUT2D eigenvalue weighted by Crippen LogP contribution is 2.35. The molecular formula is C15H22O5S. The first-order valence-corrected chi connectivity index (χ1v) is 8.01. The van der Waals surface area contributed by atoms with Crippen molar-refractivity contribution in [2.75, 3.05) is 13.2 Å². The summed E-state index contributed by atoms with van der Waals surface area (Å²) < 4.78 is 10.2. The van der Waals surface area contributed by atoms with Gasteiger partial charge in [0.15, 0.2) is 4.88 Å². The van der Waals surface area contributed by atoms with Crippen molar-refractivity contribution in [3.63, 3.8) is 0 Å². The van der Waals surface area contributed by atoms with E-state index in [0.29, 0.717) is 18.8 Å². The molecule has 0 unspecified atom stereocenters. The molecule has 0 aromatic carbocycles. The van der Waals surface area contributed by atoms with Crippen molar-refractivity contribution in [2.45, 2.75) is 46.5 Å². The van der Waals surface area contributed by atoms with Crippen LogP contribution in [0.25, 0.3) is 0 Å². The summed E-state index contributed by atoms with van der Waals surface area (Å²) in [5.74, 6) is -1.29. The molecule has 0 bridgehead atoms. The third-order valence-electron chi connectivity index (χ3n) is 2.95. The summed E-state index contributed by atoms with van der Waals surface area (Å²) in [5, 5.41) is 9.97. The average Bonchev–Trinajstić information content (AvgIpc) is 2.76. The SMILES string of the molecule is CCCCOC(=O)c1sc(C(=O)OCCCC)c(O)c1C. The lowest BCUT2D eigenvalue weighted by molar-refractivity contribution is 0.0495. The zero-order chi connectivity index (χ0) is 15.8. The van der Waals surface area contributed by atoms with Crippen LogP contribution in [0.2, 0.25) is 0 Å². The molecule has 0 amide bonds. The number of esters is 2. The van der Waals surface area contributed by atoms with Crippen LogP contribution >= 0.6 is 11.3 Å². The maximum absolute atomic E-state index is 11.9. The Kier molecular flexibility index (Phi) is 7.22. The fraction of sp³-hybridized carbons (Fsp3) is 0.600. The lowest BCUT2D eigenvalue weighted by Gasteiger charge is -2.02. The highest BCUT2D eigenvalue weighted by Gasteiger charge is 2.25. The molecule has 1 rings (SSSR count). The predicted molar refractivity (Wildman–Crippen MR) is 81.1 cm³/mol. The summed E-state index contributed by atoms with van der Waals surface area (Å²) in [6.45, 7) is 6.22. The molecule has 1 heterocycles. The summed E-state index contributed by atoms with van der Waals surface area (Å²) in [6.07, 6.45) is 3.39. The third-order valence-corrected chi connectivity index (χ3v) is 4.19. The van der Waals surface area contributed by atoms with Crippen LogP contribution in [0.4, 0.5) is 0 Å². The highest BCUT2D eigenvalue weighted by atomic mass is 32.1. The van der Waals surface area contributed by atoms with Gasteiger partial charge in [-0.05, 0) is 19.8 Å². The number of aromatic hydroxyl groups is 1. The second-order valence-corrected chi connectivity index (χ2v) is 5.73. The smallest absolute Gasteiger partial charge is 0.352 e. The maximum atomic E-state index is 11.9. The van der Waals surface area contributed by atoms with Crippen molar-refractivity contribution in [3.8, 4) is 5.75 Å². The van der Waals surface area contributed by atoms with Gasteiger partial charge in [0.2, 0.25) is 0 Å². The van der Waals surface area contributed by atoms with E-state index in [-0.39, 0.29) is 15.5 Å². The van der Waals surface area contributed by atoms with Crippen molar-refractivity contribution in [2.24, 2.45) is 0 Å². The Bertz CT molecular complexity index is 450. The molecule has 0 saturated heterocycles. The first-order valence-electron chi connectivity index (χ1n) is 7.19. The number of hydrogen-bond donors (Lipinski definition) is 1. The molecule has 0 fully saturated rings. The quantitative estimate of drug-likeness (QED) is 0.585. The summed E-state index contributed by atoms with van der Waals surface area (Å²) in [5.41, 5.74) is 0.365. The first kappa shape index (κ1) is 17.5. The topological polar surface area (TPSA) is 72.8 Å². The molecular weight excluding hydrogens is 292 g/mol. The largest absolute Gasteiger partial charge is 0.506 e. The van der Waals surface area contributed by atoms with Gasteiger partial charge in [0.25, 0.3) is 0 Å². The Hall–Kier alpha value is -1.56. The molecule has 5 nitrogen and oxygen atoms in total. The number of rotatable bonds is 8.